The Bertz CT molecular complexity index is 1060. The maximum absolute atomic E-state index is 12.5. The lowest BCUT2D eigenvalue weighted by atomic mass is 10.1. The van der Waals surface area contributed by atoms with E-state index in [0.717, 1.165) is 16.9 Å². The van der Waals surface area contributed by atoms with Crippen LogP contribution in [0.15, 0.2) is 47.0 Å². The van der Waals surface area contributed by atoms with E-state index in [4.69, 9.17) is 18.7 Å². The van der Waals surface area contributed by atoms with Crippen molar-refractivity contribution < 1.29 is 23.5 Å². The van der Waals surface area contributed by atoms with Crippen LogP contribution >= 0.6 is 0 Å². The van der Waals surface area contributed by atoms with Gasteiger partial charge in [0.25, 0.3) is 0 Å². The van der Waals surface area contributed by atoms with E-state index in [1.165, 1.54) is 0 Å². The van der Waals surface area contributed by atoms with E-state index in [1.54, 1.807) is 12.0 Å². The summed E-state index contributed by atoms with van der Waals surface area (Å²) in [4.78, 5) is 18.9. The average molecular weight is 393 g/mol. The number of benzene rings is 2. The predicted molar refractivity (Wildman–Crippen MR) is 102 cm³/mol. The van der Waals surface area contributed by atoms with Gasteiger partial charge in [0.05, 0.1) is 18.6 Å². The number of fused-ring (bicyclic) bond motifs is 1. The molecule has 0 radical (unpaired) electrons. The molecule has 0 spiro atoms. The van der Waals surface area contributed by atoms with Gasteiger partial charge in [-0.05, 0) is 29.8 Å². The van der Waals surface area contributed by atoms with Crippen LogP contribution in [0.3, 0.4) is 0 Å². The van der Waals surface area contributed by atoms with Gasteiger partial charge < -0.3 is 23.6 Å². The number of amides is 1. The molecule has 1 fully saturated rings. The molecular weight excluding hydrogens is 374 g/mol. The summed E-state index contributed by atoms with van der Waals surface area (Å²) in [5.74, 6) is 2.97. The molecule has 1 unspecified atom stereocenters. The number of nitrogens with zero attached hydrogens (tertiary/aromatic N) is 3. The van der Waals surface area contributed by atoms with Gasteiger partial charge in [0, 0.05) is 19.5 Å². The van der Waals surface area contributed by atoms with Crippen LogP contribution in [0.5, 0.6) is 17.2 Å². The van der Waals surface area contributed by atoms with Crippen LogP contribution in [0, 0.1) is 0 Å². The minimum absolute atomic E-state index is 0.0599. The molecule has 2 aliphatic rings. The smallest absolute Gasteiger partial charge is 0.232 e. The molecule has 5 rings (SSSR count). The molecule has 1 atom stereocenters. The van der Waals surface area contributed by atoms with Crippen molar-refractivity contribution in [3.8, 4) is 28.6 Å². The minimum atomic E-state index is -0.132. The van der Waals surface area contributed by atoms with Crippen molar-refractivity contribution in [2.75, 3.05) is 20.4 Å². The second-order valence-corrected chi connectivity index (χ2v) is 7.02. The number of rotatable bonds is 5. The topological polar surface area (TPSA) is 86.9 Å². The highest BCUT2D eigenvalue weighted by atomic mass is 16.7. The normalized spacial score (nSPS) is 17.8. The van der Waals surface area contributed by atoms with Crippen LogP contribution in [-0.2, 0) is 11.3 Å². The minimum Gasteiger partial charge on any atom is -0.496 e. The molecule has 148 valence electrons. The molecule has 3 aromatic rings. The van der Waals surface area contributed by atoms with Crippen LogP contribution in [0.4, 0.5) is 0 Å². The van der Waals surface area contributed by atoms with Crippen molar-refractivity contribution in [1.29, 1.82) is 0 Å². The number of ether oxygens (including phenoxy) is 3. The molecule has 2 aromatic carbocycles. The summed E-state index contributed by atoms with van der Waals surface area (Å²) >= 11 is 0. The Kier molecular flexibility index (Phi) is 4.31. The molecule has 2 aliphatic heterocycles. The van der Waals surface area contributed by atoms with E-state index >= 15 is 0 Å². The van der Waals surface area contributed by atoms with Crippen molar-refractivity contribution in [2.45, 2.75) is 18.9 Å². The highest BCUT2D eigenvalue weighted by molar-refractivity contribution is 5.79. The first-order valence-electron chi connectivity index (χ1n) is 9.34. The fourth-order valence-corrected chi connectivity index (χ4v) is 3.69. The van der Waals surface area contributed by atoms with Gasteiger partial charge in [0.2, 0.25) is 24.4 Å². The van der Waals surface area contributed by atoms with E-state index < -0.39 is 0 Å². The molecule has 0 saturated carbocycles. The number of carbonyl (C=O) groups excluding carboxylic acids is 1. The van der Waals surface area contributed by atoms with Crippen molar-refractivity contribution in [3.63, 3.8) is 0 Å². The fourth-order valence-electron chi connectivity index (χ4n) is 3.69. The Balaban J connectivity index is 1.31. The second kappa shape index (κ2) is 7.12. The number of likely N-dealkylation sites (tertiary alicyclic amines) is 1. The number of methoxy groups -OCH3 is 1. The summed E-state index contributed by atoms with van der Waals surface area (Å²) in [6.07, 6.45) is 0.345. The molecule has 8 nitrogen and oxygen atoms in total. The quantitative estimate of drug-likeness (QED) is 0.658. The van der Waals surface area contributed by atoms with Crippen LogP contribution in [0.25, 0.3) is 11.4 Å². The van der Waals surface area contributed by atoms with E-state index in [0.29, 0.717) is 42.7 Å². The van der Waals surface area contributed by atoms with Gasteiger partial charge in [-0.15, -0.1) is 0 Å². The molecule has 0 aliphatic carbocycles. The zero-order valence-electron chi connectivity index (χ0n) is 15.8. The van der Waals surface area contributed by atoms with E-state index in [1.807, 2.05) is 42.5 Å². The maximum atomic E-state index is 12.5. The first-order valence-corrected chi connectivity index (χ1v) is 9.34. The van der Waals surface area contributed by atoms with Crippen molar-refractivity contribution in [3.05, 3.63) is 53.9 Å². The lowest BCUT2D eigenvalue weighted by molar-refractivity contribution is -0.128. The first-order chi connectivity index (χ1) is 14.2. The summed E-state index contributed by atoms with van der Waals surface area (Å²) in [6, 6.07) is 13.2. The molecule has 3 heterocycles. The van der Waals surface area contributed by atoms with E-state index in [2.05, 4.69) is 10.1 Å². The predicted octanol–water partition coefficient (Wildman–Crippen LogP) is 2.99. The number of carbonyl (C=O) groups is 1. The van der Waals surface area contributed by atoms with Gasteiger partial charge in [0.1, 0.15) is 5.75 Å². The molecule has 8 heteroatoms. The van der Waals surface area contributed by atoms with Crippen LogP contribution in [-0.4, -0.2) is 41.4 Å². The third kappa shape index (κ3) is 3.26. The standard InChI is InChI=1S/C21H19N3O5/c1-26-16-5-3-2-4-15(16)20-22-21(29-23-20)14-9-19(25)24(11-14)10-13-6-7-17-18(8-13)28-12-27-17/h2-8,14H,9-12H2,1H3. The summed E-state index contributed by atoms with van der Waals surface area (Å²) in [7, 11) is 1.60. The van der Waals surface area contributed by atoms with Crippen molar-refractivity contribution in [2.24, 2.45) is 0 Å². The highest BCUT2D eigenvalue weighted by Gasteiger charge is 2.34. The number of para-hydroxylation sites is 1. The number of hydrogen-bond acceptors (Lipinski definition) is 7. The highest BCUT2D eigenvalue weighted by Crippen LogP contribution is 2.35. The Labute approximate surface area is 167 Å². The maximum Gasteiger partial charge on any atom is 0.232 e. The van der Waals surface area contributed by atoms with Crippen molar-refractivity contribution >= 4 is 5.91 Å². The van der Waals surface area contributed by atoms with E-state index in [9.17, 15) is 4.79 Å². The Morgan fingerprint density at radius 1 is 1.17 bits per heavy atom. The van der Waals surface area contributed by atoms with Gasteiger partial charge >= 0.3 is 0 Å². The summed E-state index contributed by atoms with van der Waals surface area (Å²) in [5, 5.41) is 4.09. The number of aromatic nitrogens is 2. The third-order valence-electron chi connectivity index (χ3n) is 5.16. The van der Waals surface area contributed by atoms with Gasteiger partial charge in [-0.3, -0.25) is 4.79 Å². The van der Waals surface area contributed by atoms with E-state index in [-0.39, 0.29) is 18.6 Å². The van der Waals surface area contributed by atoms with Crippen LogP contribution in [0.1, 0.15) is 23.8 Å². The number of hydrogen-bond donors (Lipinski definition) is 0. The summed E-state index contributed by atoms with van der Waals surface area (Å²) in [6.45, 7) is 1.26. The monoisotopic (exact) mass is 393 g/mol. The fraction of sp³-hybridized carbons (Fsp3) is 0.286. The second-order valence-electron chi connectivity index (χ2n) is 7.02. The SMILES string of the molecule is COc1ccccc1-c1noc(C2CC(=O)N(Cc3ccc4c(c3)OCO4)C2)n1. The zero-order valence-corrected chi connectivity index (χ0v) is 15.8. The van der Waals surface area contributed by atoms with Gasteiger partial charge in [0.15, 0.2) is 11.5 Å². The van der Waals surface area contributed by atoms with Gasteiger partial charge in [-0.2, -0.15) is 4.98 Å². The summed E-state index contributed by atoms with van der Waals surface area (Å²) < 4.78 is 21.6. The molecule has 1 amide bonds. The molecular formula is C21H19N3O5. The van der Waals surface area contributed by atoms with Crippen molar-refractivity contribution in [1.82, 2.24) is 15.0 Å². The van der Waals surface area contributed by atoms with Gasteiger partial charge in [-0.25, -0.2) is 0 Å². The lowest BCUT2D eigenvalue weighted by Gasteiger charge is -2.16. The Hall–Kier alpha value is -3.55. The largest absolute Gasteiger partial charge is 0.496 e. The molecule has 1 aromatic heterocycles. The molecule has 29 heavy (non-hydrogen) atoms. The Morgan fingerprint density at radius 2 is 2.03 bits per heavy atom. The van der Waals surface area contributed by atoms with Crippen LogP contribution < -0.4 is 14.2 Å². The van der Waals surface area contributed by atoms with Gasteiger partial charge in [-0.1, -0.05) is 23.4 Å². The lowest BCUT2D eigenvalue weighted by Crippen LogP contribution is -2.24. The van der Waals surface area contributed by atoms with Crippen LogP contribution in [0.2, 0.25) is 0 Å². The molecule has 0 bridgehead atoms. The third-order valence-corrected chi connectivity index (χ3v) is 5.16. The zero-order chi connectivity index (χ0) is 19.8. The average Bonchev–Trinajstić information content (AvgIpc) is 3.48. The molecule has 1 saturated heterocycles. The molecule has 0 N–H and O–H groups in total. The first kappa shape index (κ1) is 17.5. The summed E-state index contributed by atoms with van der Waals surface area (Å²) in [5.41, 5.74) is 1.75. The Morgan fingerprint density at radius 3 is 2.93 bits per heavy atom.